The van der Waals surface area contributed by atoms with Gasteiger partial charge in [0.1, 0.15) is 0 Å². The van der Waals surface area contributed by atoms with Crippen LogP contribution >= 0.6 is 0 Å². The fourth-order valence-corrected chi connectivity index (χ4v) is 8.66. The molecule has 0 unspecified atom stereocenters. The lowest BCUT2D eigenvalue weighted by molar-refractivity contribution is -0.385. The van der Waals surface area contributed by atoms with Gasteiger partial charge >= 0.3 is 0 Å². The smallest absolute Gasteiger partial charge is 0.272 e. The van der Waals surface area contributed by atoms with Crippen molar-refractivity contribution in [3.8, 4) is 0 Å². The Hall–Kier alpha value is -5.73. The molecule has 3 aromatic carbocycles. The Labute approximate surface area is 390 Å². The molecule has 15 nitrogen and oxygen atoms in total. The number of rotatable bonds is 30. The molecule has 0 saturated heterocycles. The standard InChI is InChI=1S/C51H72N6O9/c1-4-7-10-13-16-19-22-25-28-52-43-31-41(35-46(37-43)55(61)62)50(59)54(30-27-24-21-18-15-12-9-6-3)45-33-42(36-48(39-45)57(65)66)51(60)53(29-26-23-20-17-14-11-8-5-2)44-32-40(49(52)58)34-47(38-44)56(63)64/h31-39H,4-30H2,1-3H3. The van der Waals surface area contributed by atoms with Crippen molar-refractivity contribution in [2.45, 2.75) is 175 Å². The average Bonchev–Trinajstić information content (AvgIpc) is 3.31. The number of carbonyl (C=O) groups excluding carboxylic acids is 3. The number of anilines is 3. The van der Waals surface area contributed by atoms with E-state index >= 15 is 0 Å². The zero-order valence-corrected chi connectivity index (χ0v) is 39.6. The third-order valence-corrected chi connectivity index (χ3v) is 12.5. The van der Waals surface area contributed by atoms with Crippen LogP contribution < -0.4 is 14.7 Å². The number of nitro groups is 3. The minimum atomic E-state index is -0.692. The third-order valence-electron chi connectivity index (χ3n) is 12.5. The van der Waals surface area contributed by atoms with Gasteiger partial charge in [0, 0.05) is 72.7 Å². The van der Waals surface area contributed by atoms with E-state index in [9.17, 15) is 44.7 Å². The number of fused-ring (bicyclic) bond motifs is 6. The molecule has 3 amide bonds. The Bertz CT molecular complexity index is 1860. The molecule has 4 rings (SSSR count). The van der Waals surface area contributed by atoms with Crippen molar-refractivity contribution in [2.75, 3.05) is 34.3 Å². The van der Waals surface area contributed by atoms with Gasteiger partial charge in [0.05, 0.1) is 31.8 Å². The van der Waals surface area contributed by atoms with Gasteiger partial charge in [0.2, 0.25) is 0 Å². The summed E-state index contributed by atoms with van der Waals surface area (Å²) < 4.78 is 0. The number of hydrogen-bond acceptors (Lipinski definition) is 9. The van der Waals surface area contributed by atoms with Crippen LogP contribution in [0.1, 0.15) is 206 Å². The minimum Gasteiger partial charge on any atom is -0.308 e. The summed E-state index contributed by atoms with van der Waals surface area (Å²) in [6.45, 7) is 6.74. The van der Waals surface area contributed by atoms with E-state index in [1.165, 1.54) is 51.1 Å². The van der Waals surface area contributed by atoms with Crippen LogP contribution in [-0.2, 0) is 0 Å². The summed E-state index contributed by atoms with van der Waals surface area (Å²) >= 11 is 0. The Morgan fingerprint density at radius 1 is 0.333 bits per heavy atom. The van der Waals surface area contributed by atoms with Crippen LogP contribution in [-0.4, -0.2) is 52.1 Å². The molecule has 0 aliphatic carbocycles. The molecular formula is C51H72N6O9. The quantitative estimate of drug-likeness (QED) is 0.0356. The third kappa shape index (κ3) is 16.3. The lowest BCUT2D eigenvalue weighted by Crippen LogP contribution is -2.34. The van der Waals surface area contributed by atoms with E-state index in [4.69, 9.17) is 0 Å². The van der Waals surface area contributed by atoms with Crippen LogP contribution in [0.3, 0.4) is 0 Å². The van der Waals surface area contributed by atoms with Crippen molar-refractivity contribution in [1.82, 2.24) is 0 Å². The van der Waals surface area contributed by atoms with E-state index < -0.39 is 49.6 Å². The summed E-state index contributed by atoms with van der Waals surface area (Å²) in [5.74, 6) is -2.07. The van der Waals surface area contributed by atoms with Crippen molar-refractivity contribution in [1.29, 1.82) is 0 Å². The molecule has 0 aromatic heterocycles. The van der Waals surface area contributed by atoms with E-state index in [2.05, 4.69) is 20.8 Å². The van der Waals surface area contributed by atoms with E-state index in [0.29, 0.717) is 19.3 Å². The number of nitrogens with zero attached hydrogens (tertiary/aromatic N) is 6. The lowest BCUT2D eigenvalue weighted by atomic mass is 10.1. The predicted octanol–water partition coefficient (Wildman–Crippen LogP) is 14.1. The molecule has 360 valence electrons. The molecule has 1 heterocycles. The van der Waals surface area contributed by atoms with Gasteiger partial charge in [-0.25, -0.2) is 0 Å². The van der Waals surface area contributed by atoms with Crippen molar-refractivity contribution in [2.24, 2.45) is 0 Å². The molecule has 0 fully saturated rings. The molecule has 0 N–H and O–H groups in total. The van der Waals surface area contributed by atoms with Crippen LogP contribution in [0.5, 0.6) is 0 Å². The van der Waals surface area contributed by atoms with Crippen LogP contribution in [0.4, 0.5) is 34.1 Å². The highest BCUT2D eigenvalue weighted by atomic mass is 16.6. The first-order valence-corrected chi connectivity index (χ1v) is 24.7. The second kappa shape index (κ2) is 28.3. The summed E-state index contributed by atoms with van der Waals surface area (Å²) in [4.78, 5) is 84.5. The van der Waals surface area contributed by atoms with Gasteiger partial charge in [-0.2, -0.15) is 0 Å². The number of amides is 3. The van der Waals surface area contributed by atoms with Crippen LogP contribution in [0, 0.1) is 30.3 Å². The van der Waals surface area contributed by atoms with Gasteiger partial charge in [-0.3, -0.25) is 44.7 Å². The Morgan fingerprint density at radius 2 is 0.545 bits per heavy atom. The van der Waals surface area contributed by atoms with E-state index in [1.54, 1.807) is 0 Å². The van der Waals surface area contributed by atoms with Crippen molar-refractivity contribution in [3.63, 3.8) is 0 Å². The molecule has 0 saturated carbocycles. The maximum Gasteiger partial charge on any atom is 0.272 e. The molecule has 3 aromatic rings. The molecular weight excluding hydrogens is 841 g/mol. The highest BCUT2D eigenvalue weighted by Gasteiger charge is 2.31. The summed E-state index contributed by atoms with van der Waals surface area (Å²) in [7, 11) is 0. The van der Waals surface area contributed by atoms with E-state index in [1.807, 2.05) is 0 Å². The number of non-ortho nitro benzene ring substituents is 3. The molecule has 1 aliphatic heterocycles. The number of benzene rings is 3. The van der Waals surface area contributed by atoms with Gasteiger partial charge in [0.15, 0.2) is 0 Å². The molecule has 0 atom stereocenters. The highest BCUT2D eigenvalue weighted by molar-refractivity contribution is 6.13. The Morgan fingerprint density at radius 3 is 0.758 bits per heavy atom. The van der Waals surface area contributed by atoms with Crippen LogP contribution in [0.25, 0.3) is 0 Å². The maximum atomic E-state index is 14.9. The van der Waals surface area contributed by atoms with Crippen LogP contribution in [0.15, 0.2) is 54.6 Å². The van der Waals surface area contributed by atoms with E-state index in [-0.39, 0.29) is 53.4 Å². The summed E-state index contributed by atoms with van der Waals surface area (Å²) in [5.41, 5.74) is -1.56. The zero-order valence-electron chi connectivity index (χ0n) is 39.6. The summed E-state index contributed by atoms with van der Waals surface area (Å²) in [6.07, 6.45) is 23.0. The predicted molar refractivity (Wildman–Crippen MR) is 262 cm³/mol. The number of unbranched alkanes of at least 4 members (excludes halogenated alkanes) is 21. The first-order chi connectivity index (χ1) is 31.9. The molecule has 0 radical (unpaired) electrons. The maximum absolute atomic E-state index is 14.9. The first kappa shape index (κ1) is 52.9. The zero-order chi connectivity index (χ0) is 47.8. The monoisotopic (exact) mass is 913 g/mol. The number of carbonyl (C=O) groups is 3. The second-order valence-electron chi connectivity index (χ2n) is 17.8. The SMILES string of the molecule is CCCCCCCCCCN1C(=O)c2cc(cc([N+](=O)[O-])c2)N(CCCCCCCCCC)C(=O)c2cc(cc([N+](=O)[O-])c2)N(CCCCCCCCCC)C(=O)c2cc1cc([N+](=O)[O-])c2. The topological polar surface area (TPSA) is 190 Å². The second-order valence-corrected chi connectivity index (χ2v) is 17.8. The highest BCUT2D eigenvalue weighted by Crippen LogP contribution is 2.34. The average molecular weight is 913 g/mol. The number of hydrogen-bond donors (Lipinski definition) is 0. The molecule has 6 bridgehead atoms. The van der Waals surface area contributed by atoms with Gasteiger partial charge in [0.25, 0.3) is 34.8 Å². The van der Waals surface area contributed by atoms with Crippen molar-refractivity contribution < 1.29 is 29.2 Å². The Kier molecular flexibility index (Phi) is 22.7. The van der Waals surface area contributed by atoms with Crippen LogP contribution in [0.2, 0.25) is 0 Å². The number of nitro benzene ring substituents is 3. The lowest BCUT2D eigenvalue weighted by Gasteiger charge is -2.26. The minimum absolute atomic E-state index is 0.0575. The fourth-order valence-electron chi connectivity index (χ4n) is 8.66. The van der Waals surface area contributed by atoms with E-state index in [0.717, 1.165) is 153 Å². The van der Waals surface area contributed by atoms with Gasteiger partial charge in [-0.05, 0) is 37.5 Å². The molecule has 15 heteroatoms. The van der Waals surface area contributed by atoms with Gasteiger partial charge in [-0.15, -0.1) is 0 Å². The molecule has 1 aliphatic rings. The van der Waals surface area contributed by atoms with Crippen molar-refractivity contribution >= 4 is 51.8 Å². The normalized spacial score (nSPS) is 13.0. The van der Waals surface area contributed by atoms with Crippen molar-refractivity contribution in [3.05, 3.63) is 102 Å². The molecule has 0 spiro atoms. The largest absolute Gasteiger partial charge is 0.308 e. The Balaban J connectivity index is 1.90. The summed E-state index contributed by atoms with van der Waals surface area (Å²) in [6, 6.07) is 11.3. The van der Waals surface area contributed by atoms with Gasteiger partial charge in [-0.1, -0.05) is 156 Å². The van der Waals surface area contributed by atoms with Gasteiger partial charge < -0.3 is 14.7 Å². The summed E-state index contributed by atoms with van der Waals surface area (Å²) in [5, 5.41) is 37.7. The fraction of sp³-hybridized carbons (Fsp3) is 0.588. The first-order valence-electron chi connectivity index (χ1n) is 24.7. The molecule has 66 heavy (non-hydrogen) atoms.